The van der Waals surface area contributed by atoms with Crippen molar-refractivity contribution in [1.29, 1.82) is 0 Å². The van der Waals surface area contributed by atoms with Crippen LogP contribution in [0.15, 0.2) is 42.5 Å². The van der Waals surface area contributed by atoms with Gasteiger partial charge in [0.25, 0.3) is 5.91 Å². The highest BCUT2D eigenvalue weighted by Crippen LogP contribution is 2.40. The van der Waals surface area contributed by atoms with E-state index in [4.69, 9.17) is 11.6 Å². The van der Waals surface area contributed by atoms with Gasteiger partial charge in [-0.3, -0.25) is 4.79 Å². The highest BCUT2D eigenvalue weighted by atomic mass is 35.5. The van der Waals surface area contributed by atoms with Crippen molar-refractivity contribution in [3.05, 3.63) is 64.4 Å². The van der Waals surface area contributed by atoms with Crippen molar-refractivity contribution in [1.82, 2.24) is 5.32 Å². The Kier molecular flexibility index (Phi) is 7.28. The van der Waals surface area contributed by atoms with E-state index in [1.54, 1.807) is 0 Å². The summed E-state index contributed by atoms with van der Waals surface area (Å²) in [5, 5.41) is 2.22. The highest BCUT2D eigenvalue weighted by Gasteiger charge is 2.64. The summed E-state index contributed by atoms with van der Waals surface area (Å²) in [7, 11) is 0. The smallest absolute Gasteiger partial charge is 0.441 e. The molecule has 0 fully saturated rings. The zero-order chi connectivity index (χ0) is 24.3. The maximum atomic E-state index is 14.1. The van der Waals surface area contributed by atoms with E-state index in [-0.39, 0.29) is 0 Å². The van der Waals surface area contributed by atoms with Gasteiger partial charge in [0.2, 0.25) is 0 Å². The largest absolute Gasteiger partial charge is 0.463 e. The van der Waals surface area contributed by atoms with Crippen molar-refractivity contribution in [2.75, 3.05) is 11.9 Å². The molecule has 2 rings (SSSR count). The lowest BCUT2D eigenvalue weighted by Gasteiger charge is -2.36. The van der Waals surface area contributed by atoms with Crippen LogP contribution in [0.3, 0.4) is 0 Å². The topological polar surface area (TPSA) is 67.4 Å². The molecule has 0 aromatic heterocycles. The molecule has 1 atom stereocenters. The SMILES string of the molecule is CCOC(=O)C(NC(=O)c1ccccc1F)(Nc1ccc(Cl)cc1C(F)(F)F)C(F)(F)F. The standard InChI is InChI=1S/C19H14ClF7N2O3/c1-2-32-16(31)17(19(25,26)27,29-15(30)11-5-3-4-6-13(11)21)28-14-8-7-10(20)9-12(14)18(22,23)24/h3-9,28H,2H2,1H3,(H,29,30). The molecule has 2 aromatic carbocycles. The first-order valence-corrected chi connectivity index (χ1v) is 9.06. The predicted octanol–water partition coefficient (Wildman–Crippen LogP) is 5.16. The molecule has 5 nitrogen and oxygen atoms in total. The van der Waals surface area contributed by atoms with Crippen LogP contribution in [0, 0.1) is 5.82 Å². The third-order valence-electron chi connectivity index (χ3n) is 4.04. The van der Waals surface area contributed by atoms with E-state index in [0.717, 1.165) is 37.3 Å². The molecule has 2 aromatic rings. The minimum absolute atomic E-state index is 0.328. The normalized spacial score (nSPS) is 13.8. The Balaban J connectivity index is 2.68. The molecule has 0 bridgehead atoms. The Labute approximate surface area is 181 Å². The molecule has 0 aliphatic rings. The van der Waals surface area contributed by atoms with Crippen molar-refractivity contribution in [2.24, 2.45) is 0 Å². The molecule has 0 saturated carbocycles. The van der Waals surface area contributed by atoms with Crippen LogP contribution in [0.4, 0.5) is 36.4 Å². The minimum atomic E-state index is -5.73. The molecule has 0 heterocycles. The van der Waals surface area contributed by atoms with Gasteiger partial charge in [-0.05, 0) is 37.3 Å². The van der Waals surface area contributed by atoms with E-state index in [2.05, 4.69) is 4.74 Å². The lowest BCUT2D eigenvalue weighted by atomic mass is 10.1. The van der Waals surface area contributed by atoms with Gasteiger partial charge in [-0.1, -0.05) is 23.7 Å². The zero-order valence-electron chi connectivity index (χ0n) is 16.0. The third-order valence-corrected chi connectivity index (χ3v) is 4.27. The van der Waals surface area contributed by atoms with Gasteiger partial charge < -0.3 is 15.4 Å². The maximum Gasteiger partial charge on any atom is 0.441 e. The number of amides is 1. The van der Waals surface area contributed by atoms with Gasteiger partial charge in [0.05, 0.1) is 17.7 Å². The number of halogens is 8. The lowest BCUT2D eigenvalue weighted by Crippen LogP contribution is -2.69. The molecule has 0 aliphatic carbocycles. The van der Waals surface area contributed by atoms with Crippen LogP contribution in [0.5, 0.6) is 0 Å². The van der Waals surface area contributed by atoms with Crippen LogP contribution in [0.2, 0.25) is 5.02 Å². The molecule has 1 unspecified atom stereocenters. The number of hydrogen-bond acceptors (Lipinski definition) is 4. The van der Waals surface area contributed by atoms with Gasteiger partial charge in [0.1, 0.15) is 5.82 Å². The van der Waals surface area contributed by atoms with E-state index in [1.165, 1.54) is 10.6 Å². The van der Waals surface area contributed by atoms with Gasteiger partial charge in [-0.25, -0.2) is 9.18 Å². The second kappa shape index (κ2) is 9.23. The molecule has 13 heteroatoms. The molecule has 0 radical (unpaired) electrons. The van der Waals surface area contributed by atoms with Crippen LogP contribution in [-0.2, 0) is 15.7 Å². The minimum Gasteiger partial charge on any atom is -0.463 e. The van der Waals surface area contributed by atoms with E-state index in [9.17, 15) is 40.3 Å². The Hall–Kier alpha value is -3.02. The number of carbonyl (C=O) groups is 2. The number of nitrogens with one attached hydrogen (secondary N) is 2. The first-order valence-electron chi connectivity index (χ1n) is 8.69. The average Bonchev–Trinajstić information content (AvgIpc) is 2.67. The molecule has 32 heavy (non-hydrogen) atoms. The predicted molar refractivity (Wildman–Crippen MR) is 99.4 cm³/mol. The Bertz CT molecular complexity index is 1010. The summed E-state index contributed by atoms with van der Waals surface area (Å²) in [6.07, 6.45) is -10.9. The van der Waals surface area contributed by atoms with E-state index < -0.39 is 64.2 Å². The van der Waals surface area contributed by atoms with Crippen LogP contribution in [-0.4, -0.2) is 30.3 Å². The highest BCUT2D eigenvalue weighted by molar-refractivity contribution is 6.30. The zero-order valence-corrected chi connectivity index (χ0v) is 16.8. The number of esters is 1. The number of alkyl halides is 6. The molecule has 0 aliphatic heterocycles. The van der Waals surface area contributed by atoms with Crippen molar-refractivity contribution >= 4 is 29.2 Å². The monoisotopic (exact) mass is 486 g/mol. The van der Waals surface area contributed by atoms with Crippen molar-refractivity contribution in [2.45, 2.75) is 24.9 Å². The van der Waals surface area contributed by atoms with Gasteiger partial charge >= 0.3 is 24.0 Å². The summed E-state index contributed by atoms with van der Waals surface area (Å²) in [5.74, 6) is -5.13. The first-order chi connectivity index (χ1) is 14.7. The van der Waals surface area contributed by atoms with Crippen molar-refractivity contribution in [3.8, 4) is 0 Å². The van der Waals surface area contributed by atoms with Gasteiger partial charge in [-0.2, -0.15) is 26.3 Å². The number of anilines is 1. The van der Waals surface area contributed by atoms with E-state index in [0.29, 0.717) is 12.1 Å². The molecule has 0 spiro atoms. The quantitative estimate of drug-likeness (QED) is 0.336. The average molecular weight is 487 g/mol. The van der Waals surface area contributed by atoms with Crippen molar-refractivity contribution < 1.29 is 45.1 Å². The summed E-state index contributed by atoms with van der Waals surface area (Å²) in [4.78, 5) is 24.8. The van der Waals surface area contributed by atoms with Crippen LogP contribution in [0.1, 0.15) is 22.8 Å². The fourth-order valence-corrected chi connectivity index (χ4v) is 2.75. The van der Waals surface area contributed by atoms with Gasteiger partial charge in [-0.15, -0.1) is 0 Å². The molecule has 0 saturated heterocycles. The lowest BCUT2D eigenvalue weighted by molar-refractivity contribution is -0.204. The van der Waals surface area contributed by atoms with Crippen LogP contribution < -0.4 is 10.6 Å². The Morgan fingerprint density at radius 3 is 2.19 bits per heavy atom. The maximum absolute atomic E-state index is 14.1. The fraction of sp³-hybridized carbons (Fsp3) is 0.263. The summed E-state index contributed by atoms with van der Waals surface area (Å²) >= 11 is 5.53. The number of rotatable bonds is 6. The molecule has 1 amide bonds. The second-order valence-electron chi connectivity index (χ2n) is 6.21. The number of hydrogen-bond donors (Lipinski definition) is 2. The Morgan fingerprint density at radius 2 is 1.66 bits per heavy atom. The Morgan fingerprint density at radius 1 is 1.03 bits per heavy atom. The first kappa shape index (κ1) is 25.2. The van der Waals surface area contributed by atoms with Crippen LogP contribution in [0.25, 0.3) is 0 Å². The number of ether oxygens (including phenoxy) is 1. The number of benzene rings is 2. The summed E-state index contributed by atoms with van der Waals surface area (Å²) in [5.41, 5.74) is -7.97. The summed E-state index contributed by atoms with van der Waals surface area (Å²) in [6.45, 7) is 0.530. The molecular formula is C19H14ClF7N2O3. The van der Waals surface area contributed by atoms with Crippen LogP contribution >= 0.6 is 11.6 Å². The van der Waals surface area contributed by atoms with Gasteiger partial charge in [0.15, 0.2) is 0 Å². The molecule has 2 N–H and O–H groups in total. The number of carbonyl (C=O) groups excluding carboxylic acids is 2. The second-order valence-corrected chi connectivity index (χ2v) is 6.65. The van der Waals surface area contributed by atoms with E-state index >= 15 is 0 Å². The van der Waals surface area contributed by atoms with Gasteiger partial charge in [0, 0.05) is 10.7 Å². The van der Waals surface area contributed by atoms with E-state index in [1.807, 2.05) is 0 Å². The molecular weight excluding hydrogens is 473 g/mol. The van der Waals surface area contributed by atoms with Crippen molar-refractivity contribution in [3.63, 3.8) is 0 Å². The fourth-order valence-electron chi connectivity index (χ4n) is 2.58. The summed E-state index contributed by atoms with van der Waals surface area (Å²) in [6, 6.07) is 5.57. The summed E-state index contributed by atoms with van der Waals surface area (Å²) < 4.78 is 101. The third kappa shape index (κ3) is 5.23. The molecule has 174 valence electrons.